The highest BCUT2D eigenvalue weighted by atomic mass is 31.2. The molecule has 0 rings (SSSR count). The second-order valence-electron chi connectivity index (χ2n) is 12.5. The third-order valence-corrected chi connectivity index (χ3v) is 7.87. The highest BCUT2D eigenvalue weighted by Gasteiger charge is 2.27. The fourth-order valence-electron chi connectivity index (χ4n) is 4.06. The van der Waals surface area contributed by atoms with Crippen molar-refractivity contribution in [3.63, 3.8) is 0 Å². The zero-order chi connectivity index (χ0) is 35.1. The minimum Gasteiger partial charge on any atom is -0.387 e. The number of allylic oxidation sites excluding steroid dienone is 13. The number of hydrogen-bond donors (Lipinski definition) is 3. The van der Waals surface area contributed by atoms with Crippen molar-refractivity contribution in [1.82, 2.24) is 5.32 Å². The number of nitrogens with one attached hydrogen (secondary N) is 1. The molecular weight excluding hydrogens is 611 g/mol. The average molecular weight is 678 g/mol. The summed E-state index contributed by atoms with van der Waals surface area (Å²) in [7, 11) is 1.50. The lowest BCUT2D eigenvalue weighted by atomic mass is 10.1. The molecule has 0 aliphatic rings. The molecule has 3 N–H and O–H groups in total. The lowest BCUT2D eigenvalue weighted by molar-refractivity contribution is -0.870. The van der Waals surface area contributed by atoms with Crippen molar-refractivity contribution in [2.75, 3.05) is 40.9 Å². The summed E-state index contributed by atoms with van der Waals surface area (Å²) in [6, 6.07) is -0.887. The smallest absolute Gasteiger partial charge is 0.387 e. The minimum atomic E-state index is -4.34. The molecule has 0 aromatic rings. The van der Waals surface area contributed by atoms with E-state index in [1.165, 1.54) is 6.42 Å². The van der Waals surface area contributed by atoms with Crippen LogP contribution in [0.3, 0.4) is 0 Å². The Kier molecular flexibility index (Phi) is 28.3. The van der Waals surface area contributed by atoms with Crippen LogP contribution in [0, 0.1) is 0 Å². The fourth-order valence-corrected chi connectivity index (χ4v) is 4.80. The van der Waals surface area contributed by atoms with Crippen LogP contribution in [0.1, 0.15) is 97.3 Å². The van der Waals surface area contributed by atoms with Gasteiger partial charge >= 0.3 is 7.82 Å². The van der Waals surface area contributed by atoms with Crippen LogP contribution in [0.4, 0.5) is 0 Å². The van der Waals surface area contributed by atoms with Gasteiger partial charge in [0.2, 0.25) is 5.91 Å². The van der Waals surface area contributed by atoms with E-state index in [-0.39, 0.29) is 25.5 Å². The maximum absolute atomic E-state index is 12.7. The van der Waals surface area contributed by atoms with Crippen molar-refractivity contribution in [2.24, 2.45) is 0 Å². The number of unbranched alkanes of at least 4 members (excludes halogenated alkanes) is 4. The van der Waals surface area contributed by atoms with Crippen LogP contribution in [-0.2, 0) is 18.4 Å². The van der Waals surface area contributed by atoms with Crippen LogP contribution < -0.4 is 5.32 Å². The highest BCUT2D eigenvalue weighted by molar-refractivity contribution is 7.47. The Hall–Kier alpha value is -2.32. The third-order valence-electron chi connectivity index (χ3n) is 6.88. The Bertz CT molecular complexity index is 1040. The van der Waals surface area contributed by atoms with Gasteiger partial charge in [0.05, 0.1) is 39.9 Å². The van der Waals surface area contributed by atoms with Crippen molar-refractivity contribution in [1.29, 1.82) is 0 Å². The van der Waals surface area contributed by atoms with Gasteiger partial charge in [0.1, 0.15) is 13.2 Å². The number of aliphatic hydroxyl groups excluding tert-OH is 1. The molecule has 0 aromatic heterocycles. The van der Waals surface area contributed by atoms with Crippen LogP contribution in [0.2, 0.25) is 0 Å². The van der Waals surface area contributed by atoms with Gasteiger partial charge < -0.3 is 19.8 Å². The van der Waals surface area contributed by atoms with E-state index in [0.29, 0.717) is 17.4 Å². The summed E-state index contributed by atoms with van der Waals surface area (Å²) in [6.07, 6.45) is 39.8. The number of carbonyl (C=O) groups excluding carboxylic acids is 1. The molecule has 9 heteroatoms. The largest absolute Gasteiger partial charge is 0.472 e. The maximum atomic E-state index is 12.7. The Morgan fingerprint density at radius 3 is 1.79 bits per heavy atom. The molecule has 0 aliphatic heterocycles. The topological polar surface area (TPSA) is 105 Å². The van der Waals surface area contributed by atoms with Gasteiger partial charge in [0, 0.05) is 6.42 Å². The number of aliphatic hydroxyl groups is 1. The van der Waals surface area contributed by atoms with Crippen LogP contribution in [0.15, 0.2) is 85.1 Å². The van der Waals surface area contributed by atoms with Crippen molar-refractivity contribution in [3.05, 3.63) is 85.1 Å². The number of amides is 1. The Labute approximate surface area is 286 Å². The van der Waals surface area contributed by atoms with E-state index in [2.05, 4.69) is 79.9 Å². The van der Waals surface area contributed by atoms with E-state index in [4.69, 9.17) is 9.05 Å². The van der Waals surface area contributed by atoms with Gasteiger partial charge in [0.15, 0.2) is 0 Å². The standard InChI is InChI=1S/C38H65N2O6P/c1-6-8-10-12-14-15-16-17-18-19-20-21-22-23-24-25-26-28-30-32-38(42)39-36(37(41)31-29-27-13-11-9-7-2)35-46-47(43,44)45-34-33-40(3,4)5/h8,10,14-15,17-18,20-21,23-24,26,28-29,31,36-37,41H,6-7,9,11-13,16,19,22,25,27,30,32-35H2,1-5H3,(H-,39,42,43,44)/p+1/b10-8-,15-14-,18-17-,21-20-,24-23-,28-26-,31-29+. The van der Waals surface area contributed by atoms with Crippen molar-refractivity contribution < 1.29 is 32.9 Å². The van der Waals surface area contributed by atoms with Crippen LogP contribution in [-0.4, -0.2) is 73.4 Å². The zero-order valence-electron chi connectivity index (χ0n) is 30.0. The van der Waals surface area contributed by atoms with E-state index in [1.807, 2.05) is 39.4 Å². The molecular formula is C38H66N2O6P+. The summed E-state index contributed by atoms with van der Waals surface area (Å²) in [6.45, 7) is 4.50. The van der Waals surface area contributed by atoms with Crippen molar-refractivity contribution in [3.8, 4) is 0 Å². The summed E-state index contributed by atoms with van der Waals surface area (Å²) in [5, 5.41) is 13.5. The Balaban J connectivity index is 4.57. The number of quaternary nitrogens is 1. The summed E-state index contributed by atoms with van der Waals surface area (Å²) in [5.41, 5.74) is 0. The van der Waals surface area contributed by atoms with Crippen LogP contribution in [0.25, 0.3) is 0 Å². The van der Waals surface area contributed by atoms with E-state index >= 15 is 0 Å². The van der Waals surface area contributed by atoms with Gasteiger partial charge in [-0.25, -0.2) is 4.57 Å². The number of hydrogen-bond acceptors (Lipinski definition) is 5. The van der Waals surface area contributed by atoms with E-state index < -0.39 is 20.0 Å². The third kappa shape index (κ3) is 32.0. The molecule has 0 fully saturated rings. The van der Waals surface area contributed by atoms with Gasteiger partial charge in [0.25, 0.3) is 0 Å². The number of likely N-dealkylation sites (N-methyl/N-ethyl adjacent to an activating group) is 1. The number of phosphoric ester groups is 1. The second kappa shape index (κ2) is 29.8. The van der Waals surface area contributed by atoms with Crippen LogP contribution >= 0.6 is 7.82 Å². The minimum absolute atomic E-state index is 0.0421. The molecule has 3 unspecified atom stereocenters. The molecule has 1 amide bonds. The molecule has 47 heavy (non-hydrogen) atoms. The quantitative estimate of drug-likeness (QED) is 0.0317. The molecule has 0 saturated carbocycles. The molecule has 0 spiro atoms. The van der Waals surface area contributed by atoms with E-state index in [9.17, 15) is 19.4 Å². The van der Waals surface area contributed by atoms with Crippen molar-refractivity contribution >= 4 is 13.7 Å². The predicted octanol–water partition coefficient (Wildman–Crippen LogP) is 8.68. The molecule has 0 aliphatic carbocycles. The van der Waals surface area contributed by atoms with Gasteiger partial charge in [-0.2, -0.15) is 0 Å². The first kappa shape index (κ1) is 44.7. The molecule has 268 valence electrons. The molecule has 0 saturated heterocycles. The molecule has 3 atom stereocenters. The normalized spacial score (nSPS) is 15.8. The number of carbonyl (C=O) groups is 1. The molecule has 0 radical (unpaired) electrons. The van der Waals surface area contributed by atoms with Crippen molar-refractivity contribution in [2.45, 2.75) is 109 Å². The zero-order valence-corrected chi connectivity index (χ0v) is 30.9. The van der Waals surface area contributed by atoms with Gasteiger partial charge in [-0.3, -0.25) is 13.8 Å². The lowest BCUT2D eigenvalue weighted by Crippen LogP contribution is -2.45. The number of phosphoric acid groups is 1. The number of nitrogens with zero attached hydrogens (tertiary/aromatic N) is 1. The fraction of sp³-hybridized carbons (Fsp3) is 0.605. The average Bonchev–Trinajstić information content (AvgIpc) is 3.01. The first-order valence-corrected chi connectivity index (χ1v) is 19.0. The SMILES string of the molecule is CC/C=C\C/C=C\C/C=C\C/C=C\C/C=C\C/C=C\CCC(=O)NC(COP(=O)(O)OCC[N+](C)(C)C)C(O)/C=C/CCCCCC. The van der Waals surface area contributed by atoms with Gasteiger partial charge in [-0.05, 0) is 57.8 Å². The summed E-state index contributed by atoms with van der Waals surface area (Å²) in [4.78, 5) is 22.8. The Morgan fingerprint density at radius 1 is 0.745 bits per heavy atom. The monoisotopic (exact) mass is 677 g/mol. The van der Waals surface area contributed by atoms with E-state index in [0.717, 1.165) is 64.2 Å². The molecule has 8 nitrogen and oxygen atoms in total. The summed E-state index contributed by atoms with van der Waals surface area (Å²) < 4.78 is 23.2. The summed E-state index contributed by atoms with van der Waals surface area (Å²) >= 11 is 0. The lowest BCUT2D eigenvalue weighted by Gasteiger charge is -2.25. The first-order valence-electron chi connectivity index (χ1n) is 17.5. The number of rotatable bonds is 29. The van der Waals surface area contributed by atoms with E-state index in [1.54, 1.807) is 6.08 Å². The molecule has 0 heterocycles. The molecule has 0 aromatic carbocycles. The molecule has 0 bridgehead atoms. The summed E-state index contributed by atoms with van der Waals surface area (Å²) in [5.74, 6) is -0.271. The van der Waals surface area contributed by atoms with Gasteiger partial charge in [-0.1, -0.05) is 118 Å². The van der Waals surface area contributed by atoms with Crippen LogP contribution in [0.5, 0.6) is 0 Å². The maximum Gasteiger partial charge on any atom is 0.472 e. The second-order valence-corrected chi connectivity index (χ2v) is 14.0. The highest BCUT2D eigenvalue weighted by Crippen LogP contribution is 2.43. The first-order chi connectivity index (χ1) is 22.5. The predicted molar refractivity (Wildman–Crippen MR) is 198 cm³/mol. The van der Waals surface area contributed by atoms with Gasteiger partial charge in [-0.15, -0.1) is 0 Å². The Morgan fingerprint density at radius 2 is 1.28 bits per heavy atom.